The van der Waals surface area contributed by atoms with Crippen molar-refractivity contribution in [3.8, 4) is 0 Å². The highest BCUT2D eigenvalue weighted by Gasteiger charge is 2.26. The Morgan fingerprint density at radius 2 is 2.19 bits per heavy atom. The largest absolute Gasteiger partial charge is 0.444 e. The van der Waals surface area contributed by atoms with Crippen LogP contribution in [-0.4, -0.2) is 29.7 Å². The van der Waals surface area contributed by atoms with E-state index in [9.17, 15) is 4.79 Å². The maximum absolute atomic E-state index is 11.8. The van der Waals surface area contributed by atoms with Gasteiger partial charge in [0.2, 0.25) is 0 Å². The van der Waals surface area contributed by atoms with Gasteiger partial charge in [0.1, 0.15) is 5.60 Å². The Labute approximate surface area is 97.4 Å². The Morgan fingerprint density at radius 1 is 1.50 bits per heavy atom. The quantitative estimate of drug-likeness (QED) is 0.745. The first-order valence-electron chi connectivity index (χ1n) is 5.78. The first-order valence-corrected chi connectivity index (χ1v) is 5.78. The van der Waals surface area contributed by atoms with Crippen LogP contribution >= 0.6 is 0 Å². The second kappa shape index (κ2) is 5.23. The predicted octanol–water partition coefficient (Wildman–Crippen LogP) is 2.11. The van der Waals surface area contributed by atoms with Crippen LogP contribution in [0.4, 0.5) is 4.79 Å². The summed E-state index contributed by atoms with van der Waals surface area (Å²) in [6, 6.07) is 0. The van der Waals surface area contributed by atoms with Crippen molar-refractivity contribution in [2.45, 2.75) is 39.2 Å². The maximum Gasteiger partial charge on any atom is 0.410 e. The first-order chi connectivity index (χ1) is 7.42. The zero-order valence-corrected chi connectivity index (χ0v) is 10.4. The van der Waals surface area contributed by atoms with Gasteiger partial charge < -0.3 is 15.4 Å². The summed E-state index contributed by atoms with van der Waals surface area (Å²) in [5, 5.41) is 0. The van der Waals surface area contributed by atoms with Crippen molar-refractivity contribution < 1.29 is 9.53 Å². The van der Waals surface area contributed by atoms with E-state index in [-0.39, 0.29) is 6.09 Å². The molecule has 0 bridgehead atoms. The average molecular weight is 226 g/mol. The zero-order valence-electron chi connectivity index (χ0n) is 10.4. The topological polar surface area (TPSA) is 55.6 Å². The van der Waals surface area contributed by atoms with Crippen molar-refractivity contribution in [3.63, 3.8) is 0 Å². The van der Waals surface area contributed by atoms with Crippen molar-refractivity contribution in [1.29, 1.82) is 0 Å². The van der Waals surface area contributed by atoms with Gasteiger partial charge in [-0.25, -0.2) is 4.79 Å². The summed E-state index contributed by atoms with van der Waals surface area (Å²) in [7, 11) is 0. The van der Waals surface area contributed by atoms with E-state index in [0.717, 1.165) is 19.4 Å². The summed E-state index contributed by atoms with van der Waals surface area (Å²) < 4.78 is 5.34. The molecule has 1 atom stereocenters. The van der Waals surface area contributed by atoms with E-state index in [0.29, 0.717) is 12.5 Å². The number of piperidine rings is 1. The van der Waals surface area contributed by atoms with Crippen LogP contribution in [0.1, 0.15) is 33.6 Å². The Hall–Kier alpha value is -1.19. The summed E-state index contributed by atoms with van der Waals surface area (Å²) >= 11 is 0. The molecule has 4 heteroatoms. The molecule has 0 aliphatic carbocycles. The van der Waals surface area contributed by atoms with E-state index >= 15 is 0 Å². The third-order valence-electron chi connectivity index (χ3n) is 2.49. The molecule has 92 valence electrons. The molecule has 0 saturated carbocycles. The normalized spacial score (nSPS) is 22.4. The zero-order chi connectivity index (χ0) is 12.2. The number of nitrogens with zero attached hydrogens (tertiary/aromatic N) is 1. The SMILES string of the molecule is CC(C)(C)OC(=O)N1CCC[C@H](/C=C/N)C1. The van der Waals surface area contributed by atoms with E-state index in [1.54, 1.807) is 11.1 Å². The minimum atomic E-state index is -0.423. The monoisotopic (exact) mass is 226 g/mol. The van der Waals surface area contributed by atoms with E-state index in [2.05, 4.69) is 0 Å². The number of hydrogen-bond donors (Lipinski definition) is 1. The molecule has 4 nitrogen and oxygen atoms in total. The Bertz CT molecular complexity index is 269. The summed E-state index contributed by atoms with van der Waals surface area (Å²) in [5.74, 6) is 0.367. The maximum atomic E-state index is 11.8. The molecular weight excluding hydrogens is 204 g/mol. The second-order valence-electron chi connectivity index (χ2n) is 5.21. The second-order valence-corrected chi connectivity index (χ2v) is 5.21. The van der Waals surface area contributed by atoms with E-state index < -0.39 is 5.60 Å². The first kappa shape index (κ1) is 12.9. The van der Waals surface area contributed by atoms with Gasteiger partial charge in [0.25, 0.3) is 0 Å². The molecule has 1 heterocycles. The van der Waals surface area contributed by atoms with Gasteiger partial charge in [0, 0.05) is 13.1 Å². The van der Waals surface area contributed by atoms with Gasteiger partial charge in [-0.1, -0.05) is 6.08 Å². The molecule has 0 aromatic heterocycles. The standard InChI is InChI=1S/C12H22N2O2/c1-12(2,3)16-11(15)14-8-4-5-10(9-14)6-7-13/h6-7,10H,4-5,8-9,13H2,1-3H3/b7-6+/t10-/m1/s1. The molecule has 1 aliphatic heterocycles. The molecule has 2 N–H and O–H groups in total. The van der Waals surface area contributed by atoms with Gasteiger partial charge in [0.15, 0.2) is 0 Å². The average Bonchev–Trinajstić information content (AvgIpc) is 2.16. The van der Waals surface area contributed by atoms with E-state index in [1.807, 2.05) is 26.8 Å². The van der Waals surface area contributed by atoms with Crippen molar-refractivity contribution in [3.05, 3.63) is 12.3 Å². The number of ether oxygens (including phenoxy) is 1. The number of amides is 1. The highest BCUT2D eigenvalue weighted by molar-refractivity contribution is 5.68. The van der Waals surface area contributed by atoms with Crippen molar-refractivity contribution in [2.24, 2.45) is 11.7 Å². The van der Waals surface area contributed by atoms with Gasteiger partial charge in [-0.2, -0.15) is 0 Å². The van der Waals surface area contributed by atoms with Crippen molar-refractivity contribution in [1.82, 2.24) is 4.90 Å². The Kier molecular flexibility index (Phi) is 4.21. The van der Waals surface area contributed by atoms with Crippen LogP contribution in [0.15, 0.2) is 12.3 Å². The lowest BCUT2D eigenvalue weighted by molar-refractivity contribution is 0.0186. The Balaban J connectivity index is 2.50. The third kappa shape index (κ3) is 4.13. The summed E-state index contributed by atoms with van der Waals surface area (Å²) in [5.41, 5.74) is 4.94. The highest BCUT2D eigenvalue weighted by Crippen LogP contribution is 2.19. The summed E-state index contributed by atoms with van der Waals surface area (Å²) in [6.45, 7) is 7.14. The molecule has 0 aromatic rings. The number of rotatable bonds is 1. The molecule has 1 fully saturated rings. The Morgan fingerprint density at radius 3 is 2.75 bits per heavy atom. The van der Waals surface area contributed by atoms with Gasteiger partial charge in [-0.3, -0.25) is 0 Å². The van der Waals surface area contributed by atoms with Crippen LogP contribution in [0.25, 0.3) is 0 Å². The molecule has 0 unspecified atom stereocenters. The number of hydrogen-bond acceptors (Lipinski definition) is 3. The lowest BCUT2D eigenvalue weighted by Gasteiger charge is -2.33. The highest BCUT2D eigenvalue weighted by atomic mass is 16.6. The van der Waals surface area contributed by atoms with Crippen molar-refractivity contribution in [2.75, 3.05) is 13.1 Å². The lowest BCUT2D eigenvalue weighted by Crippen LogP contribution is -2.42. The van der Waals surface area contributed by atoms with Gasteiger partial charge >= 0.3 is 6.09 Å². The molecular formula is C12H22N2O2. The van der Waals surface area contributed by atoms with E-state index in [4.69, 9.17) is 10.5 Å². The predicted molar refractivity (Wildman–Crippen MR) is 63.9 cm³/mol. The summed E-state index contributed by atoms with van der Waals surface area (Å²) in [6.07, 6.45) is 5.39. The summed E-state index contributed by atoms with van der Waals surface area (Å²) in [4.78, 5) is 13.6. The number of nitrogens with two attached hydrogens (primary N) is 1. The number of carbonyl (C=O) groups excluding carboxylic acids is 1. The number of likely N-dealkylation sites (tertiary alicyclic amines) is 1. The van der Waals surface area contributed by atoms with Crippen LogP contribution in [-0.2, 0) is 4.74 Å². The van der Waals surface area contributed by atoms with Crippen LogP contribution in [0.5, 0.6) is 0 Å². The van der Waals surface area contributed by atoms with Crippen LogP contribution in [0, 0.1) is 5.92 Å². The molecule has 16 heavy (non-hydrogen) atoms. The van der Waals surface area contributed by atoms with Gasteiger partial charge in [0.05, 0.1) is 0 Å². The number of carbonyl (C=O) groups is 1. The molecule has 0 radical (unpaired) electrons. The molecule has 1 rings (SSSR count). The fourth-order valence-electron chi connectivity index (χ4n) is 1.82. The van der Waals surface area contributed by atoms with Crippen LogP contribution < -0.4 is 5.73 Å². The van der Waals surface area contributed by atoms with Gasteiger partial charge in [-0.15, -0.1) is 0 Å². The molecule has 0 aromatic carbocycles. The minimum Gasteiger partial charge on any atom is -0.444 e. The molecule has 1 amide bonds. The molecule has 1 aliphatic rings. The van der Waals surface area contributed by atoms with Gasteiger partial charge in [-0.05, 0) is 45.7 Å². The van der Waals surface area contributed by atoms with Crippen LogP contribution in [0.2, 0.25) is 0 Å². The van der Waals surface area contributed by atoms with Crippen molar-refractivity contribution >= 4 is 6.09 Å². The third-order valence-corrected chi connectivity index (χ3v) is 2.49. The fraction of sp³-hybridized carbons (Fsp3) is 0.750. The lowest BCUT2D eigenvalue weighted by atomic mass is 9.98. The molecule has 0 spiro atoms. The smallest absolute Gasteiger partial charge is 0.410 e. The fourth-order valence-corrected chi connectivity index (χ4v) is 1.82. The minimum absolute atomic E-state index is 0.220. The van der Waals surface area contributed by atoms with Crippen LogP contribution in [0.3, 0.4) is 0 Å². The molecule has 1 saturated heterocycles. The van der Waals surface area contributed by atoms with E-state index in [1.165, 1.54) is 0 Å².